The number of amides is 1. The van der Waals surface area contributed by atoms with Crippen molar-refractivity contribution < 1.29 is 13.2 Å². The number of nitrogens with one attached hydrogen (secondary N) is 1. The lowest BCUT2D eigenvalue weighted by Crippen LogP contribution is -2.43. The summed E-state index contributed by atoms with van der Waals surface area (Å²) in [6.45, 7) is 4.33. The van der Waals surface area contributed by atoms with E-state index in [0.29, 0.717) is 12.6 Å². The highest BCUT2D eigenvalue weighted by atomic mass is 35.5. The molecule has 1 aliphatic heterocycles. The van der Waals surface area contributed by atoms with E-state index in [1.165, 1.54) is 31.4 Å². The molecule has 0 aromatic heterocycles. The molecule has 0 spiro atoms. The lowest BCUT2D eigenvalue weighted by atomic mass is 10.00. The number of nitrogens with zero attached hydrogens (tertiary/aromatic N) is 2. The minimum Gasteiger partial charge on any atom is -0.354 e. The molecule has 2 aromatic carbocycles. The van der Waals surface area contributed by atoms with Gasteiger partial charge in [0.25, 0.3) is 10.0 Å². The number of anilines is 1. The van der Waals surface area contributed by atoms with Crippen molar-refractivity contribution >= 4 is 44.8 Å². The van der Waals surface area contributed by atoms with Gasteiger partial charge in [-0.1, -0.05) is 60.8 Å². The number of carbonyl (C=O) groups is 1. The maximum atomic E-state index is 13.4. The Morgan fingerprint density at radius 2 is 1.88 bits per heavy atom. The largest absolute Gasteiger partial charge is 0.354 e. The Hall–Kier alpha value is -1.80. The quantitative estimate of drug-likeness (QED) is 0.457. The van der Waals surface area contributed by atoms with Gasteiger partial charge in [0.15, 0.2) is 0 Å². The molecule has 1 saturated heterocycles. The van der Waals surface area contributed by atoms with Crippen LogP contribution in [0, 0.1) is 0 Å². The second-order valence-electron chi connectivity index (χ2n) is 8.20. The van der Waals surface area contributed by atoms with Gasteiger partial charge in [0, 0.05) is 19.1 Å². The van der Waals surface area contributed by atoms with Gasteiger partial charge in [0.1, 0.15) is 6.54 Å². The number of sulfonamides is 1. The van der Waals surface area contributed by atoms with Crippen LogP contribution in [0.4, 0.5) is 5.69 Å². The molecule has 0 saturated carbocycles. The normalized spacial score (nSPS) is 17.0. The lowest BCUT2D eigenvalue weighted by Gasteiger charge is -2.35. The number of hydrogen-bond acceptors (Lipinski definition) is 4. The summed E-state index contributed by atoms with van der Waals surface area (Å²) in [6.07, 6.45) is 5.68. The van der Waals surface area contributed by atoms with Crippen molar-refractivity contribution in [2.45, 2.75) is 50.0 Å². The van der Waals surface area contributed by atoms with E-state index < -0.39 is 22.5 Å². The van der Waals surface area contributed by atoms with E-state index in [9.17, 15) is 13.2 Å². The fourth-order valence-corrected chi connectivity index (χ4v) is 6.12. The summed E-state index contributed by atoms with van der Waals surface area (Å²) in [5, 5.41) is 3.17. The van der Waals surface area contributed by atoms with Crippen LogP contribution in [0.5, 0.6) is 0 Å². The summed E-state index contributed by atoms with van der Waals surface area (Å²) in [5.74, 6) is -0.392. The molecule has 0 bridgehead atoms. The van der Waals surface area contributed by atoms with Crippen LogP contribution in [0.2, 0.25) is 10.0 Å². The average Bonchev–Trinajstić information content (AvgIpc) is 2.83. The molecule has 33 heavy (non-hydrogen) atoms. The monoisotopic (exact) mass is 511 g/mol. The Bertz CT molecular complexity index is 1030. The van der Waals surface area contributed by atoms with Gasteiger partial charge in [-0.15, -0.1) is 0 Å². The Kier molecular flexibility index (Phi) is 9.44. The standard InChI is InChI=1S/C24H31Cl2N3O3S/c1-2-19-10-6-7-16-28(19)17-9-15-27-23(30)18-29(22-14-8-13-21(25)24(22)26)33(31,32)20-11-4-3-5-12-20/h3-5,8,11-14,19H,2,6-7,9-10,15-18H2,1H3,(H,27,30). The number of piperidine rings is 1. The molecule has 0 radical (unpaired) electrons. The smallest absolute Gasteiger partial charge is 0.264 e. The predicted molar refractivity (Wildman–Crippen MR) is 135 cm³/mol. The Morgan fingerprint density at radius 1 is 1.12 bits per heavy atom. The second kappa shape index (κ2) is 12.1. The van der Waals surface area contributed by atoms with Crippen LogP contribution in [0.15, 0.2) is 53.4 Å². The molecular weight excluding hydrogens is 481 g/mol. The van der Waals surface area contributed by atoms with Crippen LogP contribution in [0.25, 0.3) is 0 Å². The van der Waals surface area contributed by atoms with Crippen molar-refractivity contribution in [3.8, 4) is 0 Å². The number of carbonyl (C=O) groups excluding carboxylic acids is 1. The molecule has 1 aliphatic rings. The van der Waals surface area contributed by atoms with E-state index in [1.54, 1.807) is 36.4 Å². The average molecular weight is 513 g/mol. The first-order valence-electron chi connectivity index (χ1n) is 11.4. The molecule has 3 rings (SSSR count). The van der Waals surface area contributed by atoms with E-state index in [1.807, 2.05) is 0 Å². The number of hydrogen-bond donors (Lipinski definition) is 1. The predicted octanol–water partition coefficient (Wildman–Crippen LogP) is 4.96. The molecule has 1 heterocycles. The highest BCUT2D eigenvalue weighted by molar-refractivity contribution is 7.92. The van der Waals surface area contributed by atoms with E-state index in [2.05, 4.69) is 17.1 Å². The Morgan fingerprint density at radius 3 is 2.61 bits per heavy atom. The third kappa shape index (κ3) is 6.63. The van der Waals surface area contributed by atoms with Gasteiger partial charge in [-0.3, -0.25) is 9.10 Å². The van der Waals surface area contributed by atoms with Gasteiger partial charge in [0.2, 0.25) is 5.91 Å². The summed E-state index contributed by atoms with van der Waals surface area (Å²) in [6, 6.07) is 13.3. The maximum Gasteiger partial charge on any atom is 0.264 e. The zero-order chi connectivity index (χ0) is 23.8. The van der Waals surface area contributed by atoms with Crippen LogP contribution in [-0.4, -0.2) is 51.4 Å². The highest BCUT2D eigenvalue weighted by Gasteiger charge is 2.29. The highest BCUT2D eigenvalue weighted by Crippen LogP contribution is 2.35. The fourth-order valence-electron chi connectivity index (χ4n) is 4.22. The van der Waals surface area contributed by atoms with Crippen LogP contribution in [0.3, 0.4) is 0 Å². The van der Waals surface area contributed by atoms with E-state index in [-0.39, 0.29) is 20.6 Å². The van der Waals surface area contributed by atoms with Crippen LogP contribution >= 0.6 is 23.2 Å². The number of likely N-dealkylation sites (tertiary alicyclic amines) is 1. The third-order valence-electron chi connectivity index (χ3n) is 5.98. The van der Waals surface area contributed by atoms with Gasteiger partial charge in [-0.05, 0) is 56.5 Å². The molecule has 1 N–H and O–H groups in total. The van der Waals surface area contributed by atoms with Gasteiger partial charge in [0.05, 0.1) is 20.6 Å². The number of rotatable bonds is 10. The Labute approximate surface area is 206 Å². The van der Waals surface area contributed by atoms with Crippen LogP contribution in [0.1, 0.15) is 39.0 Å². The third-order valence-corrected chi connectivity index (χ3v) is 8.57. The zero-order valence-electron chi connectivity index (χ0n) is 18.8. The topological polar surface area (TPSA) is 69.7 Å². The first kappa shape index (κ1) is 25.8. The molecule has 1 amide bonds. The summed E-state index contributed by atoms with van der Waals surface area (Å²) in [5.41, 5.74) is 0.169. The first-order chi connectivity index (χ1) is 15.8. The van der Waals surface area contributed by atoms with Crippen molar-refractivity contribution in [1.29, 1.82) is 0 Å². The molecule has 180 valence electrons. The second-order valence-corrected chi connectivity index (χ2v) is 10.8. The number of benzene rings is 2. The summed E-state index contributed by atoms with van der Waals surface area (Å²) in [4.78, 5) is 15.3. The summed E-state index contributed by atoms with van der Waals surface area (Å²) < 4.78 is 27.8. The molecular formula is C24H31Cl2N3O3S. The molecule has 0 aliphatic carbocycles. The minimum absolute atomic E-state index is 0.0737. The van der Waals surface area contributed by atoms with Crippen LogP contribution in [-0.2, 0) is 14.8 Å². The minimum atomic E-state index is -4.03. The van der Waals surface area contributed by atoms with Crippen molar-refractivity contribution in [2.75, 3.05) is 30.5 Å². The molecule has 9 heteroatoms. The number of halogens is 2. The zero-order valence-corrected chi connectivity index (χ0v) is 21.2. The van der Waals surface area contributed by atoms with Crippen molar-refractivity contribution in [1.82, 2.24) is 10.2 Å². The van der Waals surface area contributed by atoms with Crippen LogP contribution < -0.4 is 9.62 Å². The fraction of sp³-hybridized carbons (Fsp3) is 0.458. The molecule has 1 atom stereocenters. The van der Waals surface area contributed by atoms with Gasteiger partial charge in [-0.2, -0.15) is 0 Å². The van der Waals surface area contributed by atoms with E-state index in [4.69, 9.17) is 23.2 Å². The van der Waals surface area contributed by atoms with E-state index >= 15 is 0 Å². The van der Waals surface area contributed by atoms with Gasteiger partial charge in [-0.25, -0.2) is 8.42 Å². The molecule has 1 fully saturated rings. The summed E-state index contributed by atoms with van der Waals surface area (Å²) >= 11 is 12.5. The molecule has 6 nitrogen and oxygen atoms in total. The van der Waals surface area contributed by atoms with E-state index in [0.717, 1.165) is 30.2 Å². The Balaban J connectivity index is 1.69. The van der Waals surface area contributed by atoms with Gasteiger partial charge < -0.3 is 10.2 Å². The van der Waals surface area contributed by atoms with Gasteiger partial charge >= 0.3 is 0 Å². The molecule has 2 aromatic rings. The summed E-state index contributed by atoms with van der Waals surface area (Å²) in [7, 11) is -4.03. The SMILES string of the molecule is CCC1CCCCN1CCCNC(=O)CN(c1cccc(Cl)c1Cl)S(=O)(=O)c1ccccc1. The van der Waals surface area contributed by atoms with Crippen molar-refractivity contribution in [3.05, 3.63) is 58.6 Å². The first-order valence-corrected chi connectivity index (χ1v) is 13.6. The maximum absolute atomic E-state index is 13.4. The lowest BCUT2D eigenvalue weighted by molar-refractivity contribution is -0.119. The van der Waals surface area contributed by atoms with Crippen molar-refractivity contribution in [3.63, 3.8) is 0 Å². The van der Waals surface area contributed by atoms with Crippen molar-refractivity contribution in [2.24, 2.45) is 0 Å². The molecule has 1 unspecified atom stereocenters.